The van der Waals surface area contributed by atoms with Crippen LogP contribution in [0.2, 0.25) is 0 Å². The molecule has 0 bridgehead atoms. The summed E-state index contributed by atoms with van der Waals surface area (Å²) in [7, 11) is 0. The second-order valence-electron chi connectivity index (χ2n) is 8.64. The van der Waals surface area contributed by atoms with E-state index in [9.17, 15) is 10.1 Å². The molecule has 0 spiro atoms. The van der Waals surface area contributed by atoms with Gasteiger partial charge in [-0.05, 0) is 80.3 Å². The maximum absolute atomic E-state index is 12.5. The molecule has 164 valence electrons. The van der Waals surface area contributed by atoms with Crippen LogP contribution in [0.5, 0.6) is 5.75 Å². The standard InChI is InChI=1S/C25H32N4O2/c1-5-6-21-17(4)24(14-7-18(21)15-26)31-20-10-8-19(9-11-20)27-25(30)23-13-12-22(16(2)3)28-29-23/h7,12-14,16,19-20H,5-6,8-11H2,1-4H3,(H,27,30). The second kappa shape index (κ2) is 10.4. The van der Waals surface area contributed by atoms with Gasteiger partial charge >= 0.3 is 0 Å². The average Bonchev–Trinajstić information content (AvgIpc) is 2.78. The van der Waals surface area contributed by atoms with Gasteiger partial charge in [0, 0.05) is 6.04 Å². The minimum Gasteiger partial charge on any atom is -0.490 e. The van der Waals surface area contributed by atoms with Gasteiger partial charge in [0.25, 0.3) is 5.91 Å². The van der Waals surface area contributed by atoms with Crippen LogP contribution >= 0.6 is 0 Å². The normalized spacial score (nSPS) is 18.5. The Kier molecular flexibility index (Phi) is 7.62. The van der Waals surface area contributed by atoms with Crippen molar-refractivity contribution in [2.75, 3.05) is 0 Å². The van der Waals surface area contributed by atoms with Crippen molar-refractivity contribution in [1.29, 1.82) is 5.26 Å². The van der Waals surface area contributed by atoms with Gasteiger partial charge in [0.1, 0.15) is 5.75 Å². The van der Waals surface area contributed by atoms with Crippen molar-refractivity contribution in [1.82, 2.24) is 15.5 Å². The van der Waals surface area contributed by atoms with Crippen LogP contribution in [0.15, 0.2) is 24.3 Å². The van der Waals surface area contributed by atoms with Crippen molar-refractivity contribution < 1.29 is 9.53 Å². The van der Waals surface area contributed by atoms with E-state index in [0.29, 0.717) is 5.69 Å². The Morgan fingerprint density at radius 2 is 1.94 bits per heavy atom. The molecule has 0 saturated heterocycles. The Labute approximate surface area is 185 Å². The van der Waals surface area contributed by atoms with Crippen LogP contribution in [0.25, 0.3) is 0 Å². The van der Waals surface area contributed by atoms with E-state index in [1.165, 1.54) is 0 Å². The molecular weight excluding hydrogens is 388 g/mol. The molecule has 0 atom stereocenters. The fourth-order valence-corrected chi connectivity index (χ4v) is 4.08. The molecule has 0 aliphatic heterocycles. The summed E-state index contributed by atoms with van der Waals surface area (Å²) in [6.07, 6.45) is 5.49. The van der Waals surface area contributed by atoms with Gasteiger partial charge in [-0.2, -0.15) is 10.4 Å². The van der Waals surface area contributed by atoms with E-state index in [-0.39, 0.29) is 24.0 Å². The number of aromatic nitrogens is 2. The predicted octanol–water partition coefficient (Wildman–Crippen LogP) is 4.85. The van der Waals surface area contributed by atoms with E-state index < -0.39 is 0 Å². The van der Waals surface area contributed by atoms with E-state index in [1.807, 2.05) is 39.0 Å². The first-order chi connectivity index (χ1) is 14.9. The summed E-state index contributed by atoms with van der Waals surface area (Å²) in [5.41, 5.74) is 4.14. The van der Waals surface area contributed by atoms with Crippen LogP contribution < -0.4 is 10.1 Å². The largest absolute Gasteiger partial charge is 0.490 e. The lowest BCUT2D eigenvalue weighted by Gasteiger charge is -2.30. The van der Waals surface area contributed by atoms with Gasteiger partial charge in [-0.25, -0.2) is 0 Å². The number of hydrogen-bond donors (Lipinski definition) is 1. The summed E-state index contributed by atoms with van der Waals surface area (Å²) >= 11 is 0. The van der Waals surface area contributed by atoms with Crippen LogP contribution in [-0.2, 0) is 6.42 Å². The Morgan fingerprint density at radius 1 is 1.19 bits per heavy atom. The zero-order valence-electron chi connectivity index (χ0n) is 18.9. The molecule has 0 unspecified atom stereocenters. The highest BCUT2D eigenvalue weighted by molar-refractivity contribution is 5.92. The zero-order valence-corrected chi connectivity index (χ0v) is 18.9. The Balaban J connectivity index is 1.55. The molecule has 1 amide bonds. The third kappa shape index (κ3) is 5.61. The number of hydrogen-bond acceptors (Lipinski definition) is 5. The molecule has 1 fully saturated rings. The summed E-state index contributed by atoms with van der Waals surface area (Å²) < 4.78 is 6.30. The highest BCUT2D eigenvalue weighted by atomic mass is 16.5. The van der Waals surface area contributed by atoms with Crippen LogP contribution in [0.1, 0.15) is 91.7 Å². The summed E-state index contributed by atoms with van der Waals surface area (Å²) in [6, 6.07) is 9.81. The van der Waals surface area contributed by atoms with E-state index in [4.69, 9.17) is 4.74 Å². The third-order valence-corrected chi connectivity index (χ3v) is 5.98. The number of nitriles is 1. The molecule has 6 nitrogen and oxygen atoms in total. The van der Waals surface area contributed by atoms with Crippen molar-refractivity contribution in [3.63, 3.8) is 0 Å². The SMILES string of the molecule is CCCc1c(C#N)ccc(OC2CCC(NC(=O)c3ccc(C(C)C)nn3)CC2)c1C. The minimum absolute atomic E-state index is 0.122. The lowest BCUT2D eigenvalue weighted by Crippen LogP contribution is -2.40. The molecule has 1 aromatic heterocycles. The molecule has 31 heavy (non-hydrogen) atoms. The van der Waals surface area contributed by atoms with Gasteiger partial charge in [-0.15, -0.1) is 5.10 Å². The Bertz CT molecular complexity index is 939. The van der Waals surface area contributed by atoms with Gasteiger partial charge in [0.05, 0.1) is 23.4 Å². The van der Waals surface area contributed by atoms with Crippen LogP contribution in [0.3, 0.4) is 0 Å². The predicted molar refractivity (Wildman–Crippen MR) is 120 cm³/mol. The Hall–Kier alpha value is -2.94. The fraction of sp³-hybridized carbons (Fsp3) is 0.520. The number of carbonyl (C=O) groups excluding carboxylic acids is 1. The van der Waals surface area contributed by atoms with Gasteiger partial charge in [0.15, 0.2) is 5.69 Å². The summed E-state index contributed by atoms with van der Waals surface area (Å²) in [5.74, 6) is 0.993. The summed E-state index contributed by atoms with van der Waals surface area (Å²) in [4.78, 5) is 12.5. The van der Waals surface area contributed by atoms with Crippen LogP contribution in [0.4, 0.5) is 0 Å². The highest BCUT2D eigenvalue weighted by Crippen LogP contribution is 2.30. The van der Waals surface area contributed by atoms with Gasteiger partial charge in [-0.3, -0.25) is 4.79 Å². The molecule has 0 radical (unpaired) electrons. The van der Waals surface area contributed by atoms with Gasteiger partial charge in [0.2, 0.25) is 0 Å². The van der Waals surface area contributed by atoms with E-state index in [2.05, 4.69) is 28.5 Å². The summed E-state index contributed by atoms with van der Waals surface area (Å²) in [6.45, 7) is 8.26. The number of benzene rings is 1. The number of amides is 1. The molecule has 2 aromatic rings. The zero-order chi connectivity index (χ0) is 22.4. The van der Waals surface area contributed by atoms with Crippen molar-refractivity contribution in [3.05, 3.63) is 52.3 Å². The lowest BCUT2D eigenvalue weighted by atomic mass is 9.92. The first kappa shape index (κ1) is 22.7. The first-order valence-corrected chi connectivity index (χ1v) is 11.3. The molecule has 1 aliphatic carbocycles. The number of nitrogens with zero attached hydrogens (tertiary/aromatic N) is 3. The quantitative estimate of drug-likeness (QED) is 0.691. The maximum atomic E-state index is 12.5. The average molecular weight is 421 g/mol. The van der Waals surface area contributed by atoms with E-state index in [0.717, 1.165) is 66.7 Å². The van der Waals surface area contributed by atoms with Gasteiger partial charge < -0.3 is 10.1 Å². The molecule has 1 aromatic carbocycles. The maximum Gasteiger partial charge on any atom is 0.272 e. The molecule has 1 aliphatic rings. The number of carbonyl (C=O) groups is 1. The van der Waals surface area contributed by atoms with E-state index >= 15 is 0 Å². The topological polar surface area (TPSA) is 87.9 Å². The second-order valence-corrected chi connectivity index (χ2v) is 8.64. The van der Waals surface area contributed by atoms with E-state index in [1.54, 1.807) is 6.07 Å². The number of nitrogens with one attached hydrogen (secondary N) is 1. The molecule has 1 N–H and O–H groups in total. The van der Waals surface area contributed by atoms with Gasteiger partial charge in [-0.1, -0.05) is 27.2 Å². The smallest absolute Gasteiger partial charge is 0.272 e. The van der Waals surface area contributed by atoms with Crippen LogP contribution in [-0.4, -0.2) is 28.3 Å². The highest BCUT2D eigenvalue weighted by Gasteiger charge is 2.25. The van der Waals surface area contributed by atoms with Crippen molar-refractivity contribution in [3.8, 4) is 11.8 Å². The van der Waals surface area contributed by atoms with Crippen molar-refractivity contribution in [2.24, 2.45) is 0 Å². The molecule has 1 heterocycles. The minimum atomic E-state index is -0.167. The first-order valence-electron chi connectivity index (χ1n) is 11.3. The summed E-state index contributed by atoms with van der Waals surface area (Å²) in [5, 5.41) is 20.7. The molecule has 6 heteroatoms. The van der Waals surface area contributed by atoms with Crippen molar-refractivity contribution in [2.45, 2.75) is 84.3 Å². The Morgan fingerprint density at radius 3 is 2.52 bits per heavy atom. The molecule has 3 rings (SSSR count). The fourth-order valence-electron chi connectivity index (χ4n) is 4.08. The molecule has 1 saturated carbocycles. The number of rotatable bonds is 7. The van der Waals surface area contributed by atoms with Crippen LogP contribution in [0, 0.1) is 18.3 Å². The number of ether oxygens (including phenoxy) is 1. The molecular formula is C25H32N4O2. The third-order valence-electron chi connectivity index (χ3n) is 5.98. The lowest BCUT2D eigenvalue weighted by molar-refractivity contribution is 0.0887. The monoisotopic (exact) mass is 420 g/mol. The van der Waals surface area contributed by atoms with Crippen molar-refractivity contribution >= 4 is 5.91 Å².